The summed E-state index contributed by atoms with van der Waals surface area (Å²) >= 11 is 3.49. The number of benzene rings is 3. The first kappa shape index (κ1) is 19.7. The predicted molar refractivity (Wildman–Crippen MR) is 116 cm³/mol. The summed E-state index contributed by atoms with van der Waals surface area (Å²) in [5, 5.41) is 9.57. The van der Waals surface area contributed by atoms with E-state index in [-0.39, 0.29) is 0 Å². The Hall–Kier alpha value is -3.03. The molecule has 3 aromatic carbocycles. The molecule has 28 heavy (non-hydrogen) atoms. The van der Waals surface area contributed by atoms with Crippen LogP contribution in [0, 0.1) is 18.3 Å². The van der Waals surface area contributed by atoms with Gasteiger partial charge in [-0.3, -0.25) is 0 Å². The minimum atomic E-state index is 0.406. The van der Waals surface area contributed by atoms with Crippen LogP contribution < -0.4 is 9.47 Å². The zero-order valence-corrected chi connectivity index (χ0v) is 17.1. The van der Waals surface area contributed by atoms with E-state index in [0.29, 0.717) is 24.5 Å². The Bertz CT molecular complexity index is 989. The number of rotatable bonds is 7. The molecule has 0 unspecified atom stereocenters. The molecule has 0 spiro atoms. The quantitative estimate of drug-likeness (QED) is 0.250. The Kier molecular flexibility index (Phi) is 6.89. The Morgan fingerprint density at radius 3 is 2.39 bits per heavy atom. The van der Waals surface area contributed by atoms with E-state index in [9.17, 15) is 5.26 Å². The molecule has 0 aliphatic carbocycles. The number of nitriles is 1. The van der Waals surface area contributed by atoms with Crippen molar-refractivity contribution in [1.29, 1.82) is 5.26 Å². The smallest absolute Gasteiger partial charge is 0.126 e. The number of allylic oxidation sites excluding steroid dienone is 1. The SMILES string of the molecule is Cc1ccc(OCCOc2ccc(Br)cc2C=C(C#N)c2ccccc2)cc1. The van der Waals surface area contributed by atoms with Crippen molar-refractivity contribution in [3.8, 4) is 17.6 Å². The van der Waals surface area contributed by atoms with Gasteiger partial charge in [-0.05, 0) is 48.9 Å². The molecule has 140 valence electrons. The molecule has 0 bridgehead atoms. The summed E-state index contributed by atoms with van der Waals surface area (Å²) in [6.45, 7) is 2.88. The molecule has 0 fully saturated rings. The lowest BCUT2D eigenvalue weighted by atomic mass is 10.0. The largest absolute Gasteiger partial charge is 0.490 e. The second-order valence-electron chi connectivity index (χ2n) is 6.23. The van der Waals surface area contributed by atoms with Crippen molar-refractivity contribution >= 4 is 27.6 Å². The number of hydrogen-bond acceptors (Lipinski definition) is 3. The first-order valence-corrected chi connectivity index (χ1v) is 9.74. The average Bonchev–Trinajstić information content (AvgIpc) is 2.72. The van der Waals surface area contributed by atoms with Crippen LogP contribution >= 0.6 is 15.9 Å². The molecule has 0 atom stereocenters. The van der Waals surface area contributed by atoms with Crippen molar-refractivity contribution in [1.82, 2.24) is 0 Å². The fourth-order valence-corrected chi connectivity index (χ4v) is 3.04. The topological polar surface area (TPSA) is 42.2 Å². The molecular weight excluding hydrogens is 414 g/mol. The maximum atomic E-state index is 9.57. The van der Waals surface area contributed by atoms with Crippen LogP contribution in [0.3, 0.4) is 0 Å². The van der Waals surface area contributed by atoms with E-state index >= 15 is 0 Å². The van der Waals surface area contributed by atoms with Crippen molar-refractivity contribution in [3.05, 3.63) is 94.0 Å². The molecule has 0 N–H and O–H groups in total. The second-order valence-corrected chi connectivity index (χ2v) is 7.14. The molecule has 0 saturated heterocycles. The third kappa shape index (κ3) is 5.48. The summed E-state index contributed by atoms with van der Waals surface area (Å²) in [6.07, 6.45) is 1.84. The minimum Gasteiger partial charge on any atom is -0.490 e. The number of nitrogens with zero attached hydrogens (tertiary/aromatic N) is 1. The van der Waals surface area contributed by atoms with Crippen LogP contribution in [0.1, 0.15) is 16.7 Å². The van der Waals surface area contributed by atoms with Crippen molar-refractivity contribution in [2.45, 2.75) is 6.92 Å². The molecule has 0 aromatic heterocycles. The predicted octanol–water partition coefficient (Wildman–Crippen LogP) is 6.28. The molecule has 3 nitrogen and oxygen atoms in total. The molecule has 0 aliphatic rings. The van der Waals surface area contributed by atoms with Gasteiger partial charge >= 0.3 is 0 Å². The van der Waals surface area contributed by atoms with Crippen LogP contribution in [0.5, 0.6) is 11.5 Å². The van der Waals surface area contributed by atoms with Gasteiger partial charge < -0.3 is 9.47 Å². The Morgan fingerprint density at radius 2 is 1.68 bits per heavy atom. The van der Waals surface area contributed by atoms with Gasteiger partial charge in [-0.1, -0.05) is 64.0 Å². The molecule has 0 heterocycles. The van der Waals surface area contributed by atoms with Gasteiger partial charge in [0.25, 0.3) is 0 Å². The highest BCUT2D eigenvalue weighted by molar-refractivity contribution is 9.10. The zero-order chi connectivity index (χ0) is 19.8. The van der Waals surface area contributed by atoms with Crippen LogP contribution in [-0.2, 0) is 0 Å². The van der Waals surface area contributed by atoms with Crippen LogP contribution in [0.4, 0.5) is 0 Å². The summed E-state index contributed by atoms with van der Waals surface area (Å²) in [4.78, 5) is 0. The van der Waals surface area contributed by atoms with Gasteiger partial charge in [-0.2, -0.15) is 5.26 Å². The van der Waals surface area contributed by atoms with E-state index in [1.165, 1.54) is 5.56 Å². The Balaban J connectivity index is 1.71. The van der Waals surface area contributed by atoms with Gasteiger partial charge in [-0.25, -0.2) is 0 Å². The summed E-state index contributed by atoms with van der Waals surface area (Å²) in [5.74, 6) is 1.53. The van der Waals surface area contributed by atoms with Gasteiger partial charge in [0.15, 0.2) is 0 Å². The second kappa shape index (κ2) is 9.77. The molecule has 3 rings (SSSR count). The van der Waals surface area contributed by atoms with E-state index in [2.05, 4.69) is 22.0 Å². The van der Waals surface area contributed by atoms with Crippen LogP contribution in [0.2, 0.25) is 0 Å². The highest BCUT2D eigenvalue weighted by Gasteiger charge is 2.07. The average molecular weight is 434 g/mol. The number of aryl methyl sites for hydroxylation is 1. The maximum Gasteiger partial charge on any atom is 0.126 e. The lowest BCUT2D eigenvalue weighted by Crippen LogP contribution is -2.09. The molecule has 0 aliphatic heterocycles. The third-order valence-corrected chi connectivity index (χ3v) is 4.60. The van der Waals surface area contributed by atoms with Gasteiger partial charge in [0.1, 0.15) is 24.7 Å². The van der Waals surface area contributed by atoms with Gasteiger partial charge in [0.2, 0.25) is 0 Å². The minimum absolute atomic E-state index is 0.406. The Labute approximate surface area is 174 Å². The summed E-state index contributed by atoms with van der Waals surface area (Å²) < 4.78 is 12.6. The summed E-state index contributed by atoms with van der Waals surface area (Å²) in [6, 6.07) is 25.6. The molecule has 4 heteroatoms. The molecular formula is C24H20BrNO2. The van der Waals surface area contributed by atoms with E-state index in [1.807, 2.05) is 85.8 Å². The summed E-state index contributed by atoms with van der Waals surface area (Å²) in [5.41, 5.74) is 3.49. The third-order valence-electron chi connectivity index (χ3n) is 4.11. The van der Waals surface area contributed by atoms with E-state index in [4.69, 9.17) is 9.47 Å². The zero-order valence-electron chi connectivity index (χ0n) is 15.6. The Morgan fingerprint density at radius 1 is 0.964 bits per heavy atom. The highest BCUT2D eigenvalue weighted by atomic mass is 79.9. The molecule has 0 saturated carbocycles. The van der Waals surface area contributed by atoms with E-state index in [1.54, 1.807) is 0 Å². The first-order chi connectivity index (χ1) is 13.7. The highest BCUT2D eigenvalue weighted by Crippen LogP contribution is 2.28. The number of halogens is 1. The lowest BCUT2D eigenvalue weighted by Gasteiger charge is -2.11. The standard InChI is InChI=1S/C24H20BrNO2/c1-18-7-10-23(11-8-18)27-13-14-28-24-12-9-22(25)16-20(24)15-21(17-26)19-5-3-2-4-6-19/h2-12,15-16H,13-14H2,1H3. The normalized spacial score (nSPS) is 11.0. The van der Waals surface area contributed by atoms with Crippen molar-refractivity contribution in [3.63, 3.8) is 0 Å². The number of hydrogen-bond donors (Lipinski definition) is 0. The van der Waals surface area contributed by atoms with Gasteiger partial charge in [0.05, 0.1) is 11.6 Å². The fourth-order valence-electron chi connectivity index (χ4n) is 2.66. The van der Waals surface area contributed by atoms with Crippen LogP contribution in [0.15, 0.2) is 77.3 Å². The summed E-state index contributed by atoms with van der Waals surface area (Å²) in [7, 11) is 0. The fraction of sp³-hybridized carbons (Fsp3) is 0.125. The number of ether oxygens (including phenoxy) is 2. The monoisotopic (exact) mass is 433 g/mol. The van der Waals surface area contributed by atoms with Gasteiger partial charge in [0, 0.05) is 10.0 Å². The van der Waals surface area contributed by atoms with Crippen LogP contribution in [-0.4, -0.2) is 13.2 Å². The van der Waals surface area contributed by atoms with Crippen molar-refractivity contribution in [2.75, 3.05) is 13.2 Å². The van der Waals surface area contributed by atoms with E-state index in [0.717, 1.165) is 21.3 Å². The molecule has 0 radical (unpaired) electrons. The molecule has 0 amide bonds. The maximum absolute atomic E-state index is 9.57. The van der Waals surface area contributed by atoms with Crippen molar-refractivity contribution < 1.29 is 9.47 Å². The van der Waals surface area contributed by atoms with Gasteiger partial charge in [-0.15, -0.1) is 0 Å². The van der Waals surface area contributed by atoms with Crippen molar-refractivity contribution in [2.24, 2.45) is 0 Å². The van der Waals surface area contributed by atoms with E-state index < -0.39 is 0 Å². The lowest BCUT2D eigenvalue weighted by molar-refractivity contribution is 0.217. The molecule has 3 aromatic rings. The van der Waals surface area contributed by atoms with Crippen LogP contribution in [0.25, 0.3) is 11.6 Å². The first-order valence-electron chi connectivity index (χ1n) is 8.95.